The Morgan fingerprint density at radius 1 is 1.25 bits per heavy atom. The Kier molecular flexibility index (Phi) is 2.35. The van der Waals surface area contributed by atoms with Crippen LogP contribution in [0.4, 0.5) is 5.69 Å². The molecule has 1 aromatic rings. The first-order valence-electron chi connectivity index (χ1n) is 3.15. The minimum Gasteiger partial charge on any atom is -0.269 e. The molecule has 0 unspecified atom stereocenters. The zero-order valence-electron chi connectivity index (χ0n) is 6.21. The van der Waals surface area contributed by atoms with E-state index in [1.54, 1.807) is 18.2 Å². The summed E-state index contributed by atoms with van der Waals surface area (Å²) in [4.78, 5) is 0. The number of benzene rings is 1. The van der Waals surface area contributed by atoms with E-state index in [1.807, 2.05) is 0 Å². The average molecular weight is 186 g/mol. The van der Waals surface area contributed by atoms with Gasteiger partial charge in [0.05, 0.1) is 12.7 Å². The fourth-order valence-electron chi connectivity index (χ4n) is 0.727. The van der Waals surface area contributed by atoms with Crippen molar-refractivity contribution in [2.24, 2.45) is 0 Å². The molecule has 12 heavy (non-hydrogen) atoms. The molecule has 1 N–H and O–H groups in total. The highest BCUT2D eigenvalue weighted by atomic mass is 32.2. The van der Waals surface area contributed by atoms with Gasteiger partial charge in [-0.15, -0.1) is 0 Å². The van der Waals surface area contributed by atoms with Gasteiger partial charge in [0.25, 0.3) is 0 Å². The van der Waals surface area contributed by atoms with Crippen molar-refractivity contribution in [2.75, 3.05) is 4.31 Å². The summed E-state index contributed by atoms with van der Waals surface area (Å²) in [6, 6.07) is 8.10. The lowest BCUT2D eigenvalue weighted by Gasteiger charge is -2.13. The van der Waals surface area contributed by atoms with Crippen LogP contribution in [0.1, 0.15) is 0 Å². The van der Waals surface area contributed by atoms with Gasteiger partial charge in [0.2, 0.25) is 0 Å². The highest BCUT2D eigenvalue weighted by Crippen LogP contribution is 2.14. The minimum absolute atomic E-state index is 0.319. The number of nitrogens with zero attached hydrogens (tertiary/aromatic N) is 1. The third-order valence-corrected chi connectivity index (χ3v) is 2.09. The molecule has 1 aromatic carbocycles. The number of para-hydroxylation sites is 1. The molecule has 1 rings (SSSR count). The third kappa shape index (κ3) is 1.96. The molecular weight excluding hydrogens is 178 g/mol. The summed E-state index contributed by atoms with van der Waals surface area (Å²) in [6.45, 7) is 0. The van der Waals surface area contributed by atoms with E-state index < -0.39 is 10.3 Å². The number of hydrogen-bond donors (Lipinski definition) is 1. The number of hydrogen-bond acceptors (Lipinski definition) is 2. The number of anilines is 1. The quantitative estimate of drug-likeness (QED) is 0.703. The molecule has 0 fully saturated rings. The molecule has 4 nitrogen and oxygen atoms in total. The first-order chi connectivity index (χ1) is 5.52. The summed E-state index contributed by atoms with van der Waals surface area (Å²) < 4.78 is 30.2. The third-order valence-electron chi connectivity index (χ3n) is 1.32. The van der Waals surface area contributed by atoms with Crippen LogP contribution in [-0.4, -0.2) is 13.0 Å². The van der Waals surface area contributed by atoms with Crippen molar-refractivity contribution in [3.05, 3.63) is 37.4 Å². The standard InChI is InChI=1S/C7H8NO3S/c1-8(12(9,10)11)7-5-3-2-4-6-7/h2-6H,1H2,(H,9,10,11). The maximum Gasteiger partial charge on any atom is 0.360 e. The summed E-state index contributed by atoms with van der Waals surface area (Å²) in [6.07, 6.45) is 0. The molecule has 0 aliphatic carbocycles. The van der Waals surface area contributed by atoms with Crippen molar-refractivity contribution in [3.63, 3.8) is 0 Å². The summed E-state index contributed by atoms with van der Waals surface area (Å²) >= 11 is 0. The Morgan fingerprint density at radius 3 is 2.17 bits per heavy atom. The zero-order chi connectivity index (χ0) is 9.19. The Balaban J connectivity index is 3.02. The van der Waals surface area contributed by atoms with Gasteiger partial charge in [-0.05, 0) is 12.1 Å². The Hall–Kier alpha value is -1.07. The molecule has 5 heteroatoms. The van der Waals surface area contributed by atoms with E-state index in [0.29, 0.717) is 9.99 Å². The van der Waals surface area contributed by atoms with Gasteiger partial charge in [-0.25, -0.2) is 4.31 Å². The predicted molar refractivity (Wildman–Crippen MR) is 45.8 cm³/mol. The van der Waals surface area contributed by atoms with Crippen LogP contribution in [0.2, 0.25) is 0 Å². The van der Waals surface area contributed by atoms with E-state index in [4.69, 9.17) is 4.55 Å². The van der Waals surface area contributed by atoms with E-state index in [9.17, 15) is 8.42 Å². The minimum atomic E-state index is -4.23. The molecule has 0 saturated heterocycles. The van der Waals surface area contributed by atoms with E-state index in [1.165, 1.54) is 12.1 Å². The first kappa shape index (κ1) is 9.02. The van der Waals surface area contributed by atoms with Gasteiger partial charge >= 0.3 is 10.3 Å². The summed E-state index contributed by atoms with van der Waals surface area (Å²) in [5.41, 5.74) is 0.319. The fourth-order valence-corrected chi connectivity index (χ4v) is 1.12. The summed E-state index contributed by atoms with van der Waals surface area (Å²) in [5.74, 6) is 0. The van der Waals surface area contributed by atoms with E-state index in [-0.39, 0.29) is 0 Å². The maximum atomic E-state index is 10.6. The summed E-state index contributed by atoms with van der Waals surface area (Å²) in [7, 11) is -1.06. The molecule has 0 amide bonds. The van der Waals surface area contributed by atoms with Crippen molar-refractivity contribution in [1.29, 1.82) is 0 Å². The van der Waals surface area contributed by atoms with E-state index >= 15 is 0 Å². The molecule has 0 saturated carbocycles. The van der Waals surface area contributed by atoms with Crippen molar-refractivity contribution in [2.45, 2.75) is 0 Å². The first-order valence-corrected chi connectivity index (χ1v) is 4.55. The van der Waals surface area contributed by atoms with Crippen LogP contribution >= 0.6 is 0 Å². The van der Waals surface area contributed by atoms with Crippen LogP contribution in [0.5, 0.6) is 0 Å². The fraction of sp³-hybridized carbons (Fsp3) is 0. The van der Waals surface area contributed by atoms with Gasteiger partial charge in [0, 0.05) is 0 Å². The van der Waals surface area contributed by atoms with Crippen LogP contribution in [0, 0.1) is 7.05 Å². The second-order valence-corrected chi connectivity index (χ2v) is 3.50. The van der Waals surface area contributed by atoms with E-state index in [0.717, 1.165) is 0 Å². The van der Waals surface area contributed by atoms with Crippen LogP contribution in [0.25, 0.3) is 0 Å². The molecule has 0 aromatic heterocycles. The molecule has 0 spiro atoms. The SMILES string of the molecule is [CH2]N(c1ccccc1)S(=O)(=O)O. The highest BCUT2D eigenvalue weighted by Gasteiger charge is 2.12. The van der Waals surface area contributed by atoms with Gasteiger partial charge in [0.15, 0.2) is 0 Å². The van der Waals surface area contributed by atoms with E-state index in [2.05, 4.69) is 7.05 Å². The molecule has 0 aliphatic heterocycles. The average Bonchev–Trinajstić information content (AvgIpc) is 2.03. The maximum absolute atomic E-state index is 10.6. The van der Waals surface area contributed by atoms with Crippen LogP contribution in [0.3, 0.4) is 0 Å². The lowest BCUT2D eigenvalue weighted by molar-refractivity contribution is 0.482. The normalized spacial score (nSPS) is 11.2. The van der Waals surface area contributed by atoms with Crippen LogP contribution < -0.4 is 4.31 Å². The van der Waals surface area contributed by atoms with Crippen molar-refractivity contribution >= 4 is 16.0 Å². The lowest BCUT2D eigenvalue weighted by atomic mass is 10.3. The molecular formula is C7H8NO3S. The Morgan fingerprint density at radius 2 is 1.75 bits per heavy atom. The van der Waals surface area contributed by atoms with Crippen LogP contribution in [0.15, 0.2) is 30.3 Å². The van der Waals surface area contributed by atoms with Gasteiger partial charge in [-0.2, -0.15) is 8.42 Å². The van der Waals surface area contributed by atoms with Gasteiger partial charge in [-0.3, -0.25) is 4.55 Å². The molecule has 0 aliphatic rings. The molecule has 1 radical (unpaired) electrons. The van der Waals surface area contributed by atoms with Gasteiger partial charge in [0.1, 0.15) is 0 Å². The molecule has 0 heterocycles. The zero-order valence-corrected chi connectivity index (χ0v) is 7.03. The summed E-state index contributed by atoms with van der Waals surface area (Å²) in [5, 5.41) is 0. The molecule has 0 atom stereocenters. The number of rotatable bonds is 2. The second kappa shape index (κ2) is 3.12. The lowest BCUT2D eigenvalue weighted by Crippen LogP contribution is -2.22. The predicted octanol–water partition coefficient (Wildman–Crippen LogP) is 1.09. The van der Waals surface area contributed by atoms with Crippen LogP contribution in [-0.2, 0) is 10.3 Å². The largest absolute Gasteiger partial charge is 0.360 e. The second-order valence-electron chi connectivity index (χ2n) is 2.16. The van der Waals surface area contributed by atoms with Crippen molar-refractivity contribution in [1.82, 2.24) is 0 Å². The topological polar surface area (TPSA) is 57.6 Å². The Bertz CT molecular complexity index is 346. The van der Waals surface area contributed by atoms with Gasteiger partial charge < -0.3 is 0 Å². The molecule has 65 valence electrons. The van der Waals surface area contributed by atoms with Gasteiger partial charge in [-0.1, -0.05) is 18.2 Å². The monoisotopic (exact) mass is 186 g/mol. The van der Waals surface area contributed by atoms with Crippen molar-refractivity contribution < 1.29 is 13.0 Å². The van der Waals surface area contributed by atoms with Crippen molar-refractivity contribution in [3.8, 4) is 0 Å². The molecule has 0 bridgehead atoms. The smallest absolute Gasteiger partial charge is 0.269 e. The highest BCUT2D eigenvalue weighted by molar-refractivity contribution is 7.87. The Labute approximate surface area is 71.3 Å².